The highest BCUT2D eigenvalue weighted by molar-refractivity contribution is 5.15. The summed E-state index contributed by atoms with van der Waals surface area (Å²) in [6.07, 6.45) is 7.13. The smallest absolute Gasteiger partial charge is 0.0812 e. The van der Waals surface area contributed by atoms with Crippen LogP contribution in [0, 0.1) is 5.92 Å². The lowest BCUT2D eigenvalue weighted by molar-refractivity contribution is 0.0439. The van der Waals surface area contributed by atoms with Crippen LogP contribution in [0.25, 0.3) is 0 Å². The third-order valence-corrected chi connectivity index (χ3v) is 4.89. The predicted octanol–water partition coefficient (Wildman–Crippen LogP) is 2.19. The largest absolute Gasteiger partial charge is 0.310 e. The lowest BCUT2D eigenvalue weighted by atomic mass is 9.71. The van der Waals surface area contributed by atoms with E-state index < -0.39 is 0 Å². The van der Waals surface area contributed by atoms with Gasteiger partial charge in [-0.15, -0.1) is 0 Å². The molecule has 1 saturated carbocycles. The quantitative estimate of drug-likeness (QED) is 0.905. The van der Waals surface area contributed by atoms with E-state index in [4.69, 9.17) is 0 Å². The van der Waals surface area contributed by atoms with Gasteiger partial charge in [-0.2, -0.15) is 5.10 Å². The van der Waals surface area contributed by atoms with Gasteiger partial charge in [0.1, 0.15) is 0 Å². The Kier molecular flexibility index (Phi) is 4.31. The van der Waals surface area contributed by atoms with Gasteiger partial charge in [-0.1, -0.05) is 6.92 Å². The van der Waals surface area contributed by atoms with E-state index in [1.165, 1.54) is 25.7 Å². The van der Waals surface area contributed by atoms with Crippen LogP contribution in [-0.4, -0.2) is 41.4 Å². The van der Waals surface area contributed by atoms with Crippen LogP contribution in [0.15, 0.2) is 12.3 Å². The average molecular weight is 264 g/mol. The van der Waals surface area contributed by atoms with Crippen molar-refractivity contribution >= 4 is 0 Å². The van der Waals surface area contributed by atoms with Crippen molar-refractivity contribution in [2.24, 2.45) is 13.0 Å². The number of nitrogens with zero attached hydrogens (tertiary/aromatic N) is 3. The molecule has 0 saturated heterocycles. The fourth-order valence-corrected chi connectivity index (χ4v) is 3.53. The van der Waals surface area contributed by atoms with Crippen molar-refractivity contribution in [3.05, 3.63) is 18.0 Å². The van der Waals surface area contributed by atoms with Crippen molar-refractivity contribution < 1.29 is 0 Å². The molecule has 1 N–H and O–H groups in total. The minimum absolute atomic E-state index is 0.190. The molecule has 0 aliphatic heterocycles. The van der Waals surface area contributed by atoms with Crippen LogP contribution in [0.5, 0.6) is 0 Å². The maximum absolute atomic E-state index is 4.63. The molecule has 1 aromatic rings. The van der Waals surface area contributed by atoms with E-state index in [1.807, 2.05) is 17.9 Å². The first-order valence-corrected chi connectivity index (χ1v) is 7.34. The normalized spacial score (nSPS) is 29.7. The second-order valence-electron chi connectivity index (χ2n) is 6.32. The van der Waals surface area contributed by atoms with E-state index in [9.17, 15) is 0 Å². The van der Waals surface area contributed by atoms with Gasteiger partial charge in [-0.25, -0.2) is 0 Å². The Balaban J connectivity index is 2.31. The van der Waals surface area contributed by atoms with Crippen LogP contribution in [0.1, 0.15) is 44.3 Å². The number of likely N-dealkylation sites (N-methyl/N-ethyl adjacent to an activating group) is 2. The Labute approximate surface area is 117 Å². The molecule has 108 valence electrons. The molecule has 1 atom stereocenters. The first-order chi connectivity index (χ1) is 8.99. The standard InChI is InChI=1S/C15H28N4/c1-12-6-9-15(10-7-12,18(3)4)14(16-2)13-8-11-19(5)17-13/h8,11-12,14,16H,6-7,9-10H2,1-5H3. The predicted molar refractivity (Wildman–Crippen MR) is 79.1 cm³/mol. The molecule has 2 rings (SSSR count). The van der Waals surface area contributed by atoms with Crippen molar-refractivity contribution in [2.45, 2.75) is 44.2 Å². The molecule has 0 spiro atoms. The van der Waals surface area contributed by atoms with Crippen LogP contribution in [0.4, 0.5) is 0 Å². The van der Waals surface area contributed by atoms with Gasteiger partial charge in [0.15, 0.2) is 0 Å². The average Bonchev–Trinajstić information content (AvgIpc) is 2.79. The van der Waals surface area contributed by atoms with Crippen LogP contribution < -0.4 is 5.32 Å². The van der Waals surface area contributed by atoms with Gasteiger partial charge >= 0.3 is 0 Å². The third-order valence-electron chi connectivity index (χ3n) is 4.89. The van der Waals surface area contributed by atoms with Crippen LogP contribution >= 0.6 is 0 Å². The highest BCUT2D eigenvalue weighted by atomic mass is 15.3. The summed E-state index contributed by atoms with van der Waals surface area (Å²) in [7, 11) is 8.47. The zero-order chi connectivity index (χ0) is 14.0. The lowest BCUT2D eigenvalue weighted by Gasteiger charge is -2.49. The molecule has 1 heterocycles. The Bertz CT molecular complexity index is 402. The van der Waals surface area contributed by atoms with Crippen molar-refractivity contribution in [3.63, 3.8) is 0 Å². The van der Waals surface area contributed by atoms with Gasteiger partial charge in [0.05, 0.1) is 11.7 Å². The number of nitrogens with one attached hydrogen (secondary N) is 1. The zero-order valence-electron chi connectivity index (χ0n) is 13.0. The van der Waals surface area contributed by atoms with Gasteiger partial charge in [-0.05, 0) is 58.8 Å². The Morgan fingerprint density at radius 2 is 2.05 bits per heavy atom. The van der Waals surface area contributed by atoms with Gasteiger partial charge in [-0.3, -0.25) is 4.68 Å². The van der Waals surface area contributed by atoms with Crippen molar-refractivity contribution in [1.29, 1.82) is 0 Å². The van der Waals surface area contributed by atoms with Crippen molar-refractivity contribution in [3.8, 4) is 0 Å². The fraction of sp³-hybridized carbons (Fsp3) is 0.800. The summed E-state index contributed by atoms with van der Waals surface area (Å²) >= 11 is 0. The number of hydrogen-bond acceptors (Lipinski definition) is 3. The molecule has 1 unspecified atom stereocenters. The van der Waals surface area contributed by atoms with Gasteiger partial charge < -0.3 is 10.2 Å². The number of rotatable bonds is 4. The first-order valence-electron chi connectivity index (χ1n) is 7.34. The highest BCUT2D eigenvalue weighted by Crippen LogP contribution is 2.43. The van der Waals surface area contributed by atoms with Gasteiger partial charge in [0.25, 0.3) is 0 Å². The molecule has 0 aromatic carbocycles. The molecule has 0 amide bonds. The molecule has 19 heavy (non-hydrogen) atoms. The fourth-order valence-electron chi connectivity index (χ4n) is 3.53. The minimum Gasteiger partial charge on any atom is -0.310 e. The van der Waals surface area contributed by atoms with E-state index in [2.05, 4.69) is 49.4 Å². The zero-order valence-corrected chi connectivity index (χ0v) is 13.0. The molecule has 4 heteroatoms. The monoisotopic (exact) mass is 264 g/mol. The molecular formula is C15H28N4. The van der Waals surface area contributed by atoms with E-state index in [0.29, 0.717) is 6.04 Å². The summed E-state index contributed by atoms with van der Waals surface area (Å²) in [5.74, 6) is 0.856. The Morgan fingerprint density at radius 1 is 1.42 bits per heavy atom. The van der Waals surface area contributed by atoms with E-state index >= 15 is 0 Å². The molecular weight excluding hydrogens is 236 g/mol. The summed E-state index contributed by atoms with van der Waals surface area (Å²) in [6.45, 7) is 2.37. The van der Waals surface area contributed by atoms with Gasteiger partial charge in [0.2, 0.25) is 0 Å². The summed E-state index contributed by atoms with van der Waals surface area (Å²) < 4.78 is 1.90. The second kappa shape index (κ2) is 5.63. The molecule has 0 bridgehead atoms. The first kappa shape index (κ1) is 14.5. The molecule has 1 fully saturated rings. The third kappa shape index (κ3) is 2.70. The molecule has 1 aliphatic carbocycles. The number of hydrogen-bond donors (Lipinski definition) is 1. The van der Waals surface area contributed by atoms with E-state index in [1.54, 1.807) is 0 Å². The van der Waals surface area contributed by atoms with E-state index in [-0.39, 0.29) is 5.54 Å². The highest BCUT2D eigenvalue weighted by Gasteiger charge is 2.44. The van der Waals surface area contributed by atoms with Gasteiger partial charge in [0, 0.05) is 18.8 Å². The summed E-state index contributed by atoms with van der Waals surface area (Å²) in [4.78, 5) is 2.41. The lowest BCUT2D eigenvalue weighted by Crippen LogP contribution is -2.55. The van der Waals surface area contributed by atoms with Crippen LogP contribution in [0.3, 0.4) is 0 Å². The number of aromatic nitrogens is 2. The topological polar surface area (TPSA) is 33.1 Å². The molecule has 1 aromatic heterocycles. The second-order valence-corrected chi connectivity index (χ2v) is 6.32. The molecule has 1 aliphatic rings. The summed E-state index contributed by atoms with van der Waals surface area (Å²) in [5, 5.41) is 8.15. The van der Waals surface area contributed by atoms with E-state index in [0.717, 1.165) is 11.6 Å². The maximum Gasteiger partial charge on any atom is 0.0812 e. The van der Waals surface area contributed by atoms with Crippen LogP contribution in [-0.2, 0) is 7.05 Å². The maximum atomic E-state index is 4.63. The van der Waals surface area contributed by atoms with Crippen molar-refractivity contribution in [1.82, 2.24) is 20.0 Å². The minimum atomic E-state index is 0.190. The Morgan fingerprint density at radius 3 is 2.47 bits per heavy atom. The Hall–Kier alpha value is -0.870. The van der Waals surface area contributed by atoms with Crippen molar-refractivity contribution in [2.75, 3.05) is 21.1 Å². The summed E-state index contributed by atoms with van der Waals surface area (Å²) in [6, 6.07) is 2.45. The number of aryl methyl sites for hydroxylation is 1. The SMILES string of the molecule is CNC(c1ccn(C)n1)C1(N(C)C)CCC(C)CC1. The molecule has 4 nitrogen and oxygen atoms in total. The molecule has 0 radical (unpaired) electrons. The summed E-state index contributed by atoms with van der Waals surface area (Å²) in [5.41, 5.74) is 1.35. The van der Waals surface area contributed by atoms with Crippen LogP contribution in [0.2, 0.25) is 0 Å².